The van der Waals surface area contributed by atoms with E-state index >= 15 is 0 Å². The molecule has 0 bridgehead atoms. The first-order chi connectivity index (χ1) is 23.7. The quantitative estimate of drug-likeness (QED) is 0.0878. The van der Waals surface area contributed by atoms with Crippen LogP contribution in [-0.4, -0.2) is 84.2 Å². The number of rotatable bonds is 22. The van der Waals surface area contributed by atoms with Gasteiger partial charge in [0.1, 0.15) is 12.4 Å². The zero-order chi connectivity index (χ0) is 39.9. The Morgan fingerprint density at radius 1 is 0.519 bits per heavy atom. The second-order valence-electron chi connectivity index (χ2n) is 11.2. The Kier molecular flexibility index (Phi) is 14.6. The molecule has 0 spiro atoms. The fraction of sp³-hybridized carbons (Fsp3) is 0.667. The molecule has 0 radical (unpaired) electrons. The number of alkyl halides is 17. The van der Waals surface area contributed by atoms with E-state index in [1.807, 2.05) is 0 Å². The van der Waals surface area contributed by atoms with E-state index in [4.69, 9.17) is 4.74 Å². The lowest BCUT2D eigenvalue weighted by Crippen LogP contribution is -2.74. The number of hydrogen-bond donors (Lipinski definition) is 0. The average Bonchev–Trinajstić information content (AvgIpc) is 3.05. The molecule has 0 unspecified atom stereocenters. The Bertz CT molecular complexity index is 1390. The van der Waals surface area contributed by atoms with Crippen LogP contribution in [-0.2, 0) is 15.9 Å². The number of ether oxygens (including phenoxy) is 3. The molecule has 0 aliphatic carbocycles. The lowest BCUT2D eigenvalue weighted by Gasteiger charge is -2.42. The molecule has 2 aromatic rings. The van der Waals surface area contributed by atoms with Crippen molar-refractivity contribution in [1.82, 2.24) is 9.97 Å². The summed E-state index contributed by atoms with van der Waals surface area (Å²) in [5.74, 6) is -49.9. The van der Waals surface area contributed by atoms with Gasteiger partial charge < -0.3 is 14.2 Å². The molecule has 5 nitrogen and oxygen atoms in total. The van der Waals surface area contributed by atoms with E-state index in [1.165, 1.54) is 25.0 Å². The molecule has 22 heteroatoms. The Balaban J connectivity index is 1.88. The molecular formula is C30H31F17N2O3. The second kappa shape index (κ2) is 16.9. The lowest BCUT2D eigenvalue weighted by molar-refractivity contribution is -0.477. The van der Waals surface area contributed by atoms with Crippen molar-refractivity contribution in [2.75, 3.05) is 26.4 Å². The second-order valence-corrected chi connectivity index (χ2v) is 11.2. The van der Waals surface area contributed by atoms with E-state index in [1.54, 1.807) is 24.5 Å². The molecule has 0 aliphatic rings. The maximum atomic E-state index is 13.8. The van der Waals surface area contributed by atoms with Crippen LogP contribution in [0.4, 0.5) is 74.6 Å². The highest BCUT2D eigenvalue weighted by Gasteiger charge is 2.95. The fourth-order valence-electron chi connectivity index (χ4n) is 4.23. The van der Waals surface area contributed by atoms with Gasteiger partial charge in [0, 0.05) is 18.0 Å². The Morgan fingerprint density at radius 2 is 0.981 bits per heavy atom. The van der Waals surface area contributed by atoms with Crippen molar-refractivity contribution in [1.29, 1.82) is 0 Å². The number of unbranched alkanes of at least 4 members (excludes halogenated alkanes) is 5. The van der Waals surface area contributed by atoms with E-state index < -0.39 is 67.6 Å². The molecule has 2 rings (SSSR count). The van der Waals surface area contributed by atoms with Gasteiger partial charge in [0.05, 0.1) is 19.8 Å². The van der Waals surface area contributed by atoms with Crippen molar-refractivity contribution in [3.8, 4) is 17.1 Å². The SMILES string of the molecule is CCCCCCCCc1cnc(-c2ccc(OCCOCCOC(F)(F)C(F)(F)C(F)(F)C(F)(F)C(F)(F)C(F)(F)C(F)(F)C(F)(F)F)cc2)nc1. The molecule has 1 heterocycles. The highest BCUT2D eigenvalue weighted by molar-refractivity contribution is 5.55. The summed E-state index contributed by atoms with van der Waals surface area (Å²) in [5, 5.41) is 0. The molecule has 0 saturated carbocycles. The Labute approximate surface area is 284 Å². The van der Waals surface area contributed by atoms with Gasteiger partial charge >= 0.3 is 47.8 Å². The van der Waals surface area contributed by atoms with Crippen molar-refractivity contribution < 1.29 is 88.8 Å². The van der Waals surface area contributed by atoms with Crippen LogP contribution in [0.15, 0.2) is 36.7 Å². The minimum absolute atomic E-state index is 0.216. The van der Waals surface area contributed by atoms with Gasteiger partial charge in [-0.15, -0.1) is 0 Å². The van der Waals surface area contributed by atoms with Crippen LogP contribution in [0.5, 0.6) is 5.75 Å². The Morgan fingerprint density at radius 3 is 1.50 bits per heavy atom. The summed E-state index contributed by atoms with van der Waals surface area (Å²) in [6.07, 6.45) is -3.74. The van der Waals surface area contributed by atoms with Gasteiger partial charge in [0.15, 0.2) is 5.82 Å². The van der Waals surface area contributed by atoms with Crippen LogP contribution in [0, 0.1) is 0 Å². The van der Waals surface area contributed by atoms with Crippen LogP contribution in [0.3, 0.4) is 0 Å². The molecular weight excluding hydrogens is 759 g/mol. The van der Waals surface area contributed by atoms with Crippen LogP contribution in [0.25, 0.3) is 11.4 Å². The highest BCUT2D eigenvalue weighted by Crippen LogP contribution is 2.64. The van der Waals surface area contributed by atoms with Gasteiger partial charge in [-0.1, -0.05) is 39.0 Å². The fourth-order valence-corrected chi connectivity index (χ4v) is 4.23. The number of halogens is 17. The first-order valence-electron chi connectivity index (χ1n) is 15.2. The highest BCUT2D eigenvalue weighted by atomic mass is 19.4. The van der Waals surface area contributed by atoms with Crippen molar-refractivity contribution >= 4 is 0 Å². The molecule has 0 fully saturated rings. The summed E-state index contributed by atoms with van der Waals surface area (Å²) >= 11 is 0. The third-order valence-electron chi connectivity index (χ3n) is 7.34. The summed E-state index contributed by atoms with van der Waals surface area (Å²) in [7, 11) is 0. The molecule has 0 amide bonds. The summed E-state index contributed by atoms with van der Waals surface area (Å²) in [6, 6.07) is 6.09. The van der Waals surface area contributed by atoms with Gasteiger partial charge in [-0.25, -0.2) is 9.97 Å². The first kappa shape index (κ1) is 45.0. The number of hydrogen-bond acceptors (Lipinski definition) is 5. The standard InChI is InChI=1S/C30H31F17N2O3/c1-2-3-4-5-6-7-8-19-17-48-22(49-18-19)20-9-11-21(12-10-20)51-15-13-50-14-16-52-30(46,47)28(41,42)26(37,38)24(33,34)23(31,32)25(35,36)27(39,40)29(43,44)45/h9-12,17-18H,2-8,13-16H2,1H3. The van der Waals surface area contributed by atoms with Crippen molar-refractivity contribution in [3.63, 3.8) is 0 Å². The first-order valence-corrected chi connectivity index (χ1v) is 15.2. The molecule has 298 valence electrons. The lowest BCUT2D eigenvalue weighted by atomic mass is 9.90. The summed E-state index contributed by atoms with van der Waals surface area (Å²) < 4.78 is 239. The summed E-state index contributed by atoms with van der Waals surface area (Å²) in [6.45, 7) is -1.87. The number of benzene rings is 1. The van der Waals surface area contributed by atoms with Crippen LogP contribution >= 0.6 is 0 Å². The molecule has 0 aliphatic heterocycles. The third-order valence-corrected chi connectivity index (χ3v) is 7.34. The summed E-state index contributed by atoms with van der Waals surface area (Å²) in [5.41, 5.74) is 1.57. The van der Waals surface area contributed by atoms with Gasteiger partial charge in [0.25, 0.3) is 0 Å². The van der Waals surface area contributed by atoms with Crippen molar-refractivity contribution in [2.24, 2.45) is 0 Å². The largest absolute Gasteiger partial charge is 0.491 e. The topological polar surface area (TPSA) is 53.5 Å². The maximum absolute atomic E-state index is 13.8. The van der Waals surface area contributed by atoms with Crippen molar-refractivity contribution in [3.05, 3.63) is 42.2 Å². The van der Waals surface area contributed by atoms with E-state index in [0.717, 1.165) is 37.7 Å². The van der Waals surface area contributed by atoms with Crippen molar-refractivity contribution in [2.45, 2.75) is 99.7 Å². The smallest absolute Gasteiger partial charge is 0.460 e. The van der Waals surface area contributed by atoms with Crippen LogP contribution in [0.2, 0.25) is 0 Å². The molecule has 0 saturated heterocycles. The van der Waals surface area contributed by atoms with Gasteiger partial charge in [-0.05, 0) is 42.7 Å². The number of nitrogens with zero attached hydrogens (tertiary/aromatic N) is 2. The van der Waals surface area contributed by atoms with Gasteiger partial charge in [-0.3, -0.25) is 0 Å². The molecule has 1 aromatic heterocycles. The molecule has 0 atom stereocenters. The normalized spacial score (nSPS) is 14.2. The van der Waals surface area contributed by atoms with E-state index in [-0.39, 0.29) is 12.4 Å². The minimum Gasteiger partial charge on any atom is -0.491 e. The zero-order valence-corrected chi connectivity index (χ0v) is 26.8. The minimum atomic E-state index is -8.70. The predicted molar refractivity (Wildman–Crippen MR) is 147 cm³/mol. The third kappa shape index (κ3) is 9.30. The monoisotopic (exact) mass is 790 g/mol. The molecule has 52 heavy (non-hydrogen) atoms. The van der Waals surface area contributed by atoms with Gasteiger partial charge in [-0.2, -0.15) is 74.6 Å². The Hall–Kier alpha value is -3.17. The van der Waals surface area contributed by atoms with E-state index in [2.05, 4.69) is 26.4 Å². The molecule has 1 aromatic carbocycles. The number of aromatic nitrogens is 2. The zero-order valence-electron chi connectivity index (χ0n) is 26.8. The number of aryl methyl sites for hydroxylation is 1. The molecule has 0 N–H and O–H groups in total. The van der Waals surface area contributed by atoms with Crippen LogP contribution in [0.1, 0.15) is 51.0 Å². The average molecular weight is 791 g/mol. The van der Waals surface area contributed by atoms with Crippen LogP contribution < -0.4 is 4.74 Å². The maximum Gasteiger partial charge on any atom is 0.460 e. The van der Waals surface area contributed by atoms with Gasteiger partial charge in [0.2, 0.25) is 0 Å². The predicted octanol–water partition coefficient (Wildman–Crippen LogP) is 10.4. The van der Waals surface area contributed by atoms with E-state index in [9.17, 15) is 74.6 Å². The summed E-state index contributed by atoms with van der Waals surface area (Å²) in [4.78, 5) is 8.63. The van der Waals surface area contributed by atoms with E-state index in [0.29, 0.717) is 11.4 Å².